The number of hydrogen-bond acceptors (Lipinski definition) is 2. The molecule has 0 aromatic rings. The zero-order valence-electron chi connectivity index (χ0n) is 10.3. The summed E-state index contributed by atoms with van der Waals surface area (Å²) in [7, 11) is 0. The first-order valence-electron chi connectivity index (χ1n) is 6.25. The van der Waals surface area contributed by atoms with Crippen LogP contribution in [-0.2, 0) is 4.79 Å². The van der Waals surface area contributed by atoms with Gasteiger partial charge < -0.3 is 15.3 Å². The molecule has 0 radical (unpaired) electrons. The third-order valence-electron chi connectivity index (χ3n) is 3.82. The topological polar surface area (TPSA) is 69.6 Å². The van der Waals surface area contributed by atoms with Crippen LogP contribution in [0.25, 0.3) is 0 Å². The van der Waals surface area contributed by atoms with Crippen molar-refractivity contribution in [3.05, 3.63) is 0 Å². The zero-order valence-corrected chi connectivity index (χ0v) is 10.3. The van der Waals surface area contributed by atoms with Gasteiger partial charge in [0.15, 0.2) is 0 Å². The first-order valence-corrected chi connectivity index (χ1v) is 6.25. The third kappa shape index (κ3) is 2.95. The lowest BCUT2D eigenvalue weighted by atomic mass is 10.0. The first kappa shape index (κ1) is 12.7. The molecule has 18 heavy (non-hydrogen) atoms. The molecule has 0 aromatic carbocycles. The number of hydrogen-bond donors (Lipinski definition) is 2. The van der Waals surface area contributed by atoms with E-state index in [1.807, 2.05) is 0 Å². The summed E-state index contributed by atoms with van der Waals surface area (Å²) in [5, 5.41) is 11.5. The molecule has 0 aromatic heterocycles. The Labute approximate surface area is 107 Å². The molecule has 5 nitrogen and oxygen atoms in total. The highest BCUT2D eigenvalue weighted by atomic mass is 16.4. The van der Waals surface area contributed by atoms with Crippen LogP contribution in [0.15, 0.2) is 0 Å². The number of urea groups is 1. The lowest BCUT2D eigenvalue weighted by Gasteiger charge is -2.21. The number of aliphatic carboxylic acids is 1. The second kappa shape index (κ2) is 4.89. The van der Waals surface area contributed by atoms with Gasteiger partial charge in [0.05, 0.1) is 6.54 Å². The van der Waals surface area contributed by atoms with Crippen molar-refractivity contribution < 1.29 is 14.7 Å². The molecule has 0 heterocycles. The summed E-state index contributed by atoms with van der Waals surface area (Å²) in [6.45, 7) is 0.318. The number of carbonyl (C=O) groups excluding carboxylic acids is 1. The summed E-state index contributed by atoms with van der Waals surface area (Å²) in [5.74, 6) is 2.01. The van der Waals surface area contributed by atoms with Gasteiger partial charge in [0.25, 0.3) is 0 Å². The van der Waals surface area contributed by atoms with E-state index in [1.165, 1.54) is 25.7 Å². The van der Waals surface area contributed by atoms with E-state index >= 15 is 0 Å². The van der Waals surface area contributed by atoms with Crippen LogP contribution in [0.3, 0.4) is 0 Å². The summed E-state index contributed by atoms with van der Waals surface area (Å²) in [6, 6.07) is -0.373. The van der Waals surface area contributed by atoms with Gasteiger partial charge in [0.1, 0.15) is 6.54 Å². The molecule has 2 aliphatic carbocycles. The highest BCUT2D eigenvalue weighted by Gasteiger charge is 2.53. The van der Waals surface area contributed by atoms with Crippen LogP contribution in [-0.4, -0.2) is 41.6 Å². The highest BCUT2D eigenvalue weighted by molar-refractivity contribution is 5.80. The minimum Gasteiger partial charge on any atom is -0.480 e. The lowest BCUT2D eigenvalue weighted by molar-refractivity contribution is -0.137. The molecule has 98 valence electrons. The Balaban J connectivity index is 1.81. The molecule has 2 rings (SSSR count). The van der Waals surface area contributed by atoms with Crippen LogP contribution in [0.2, 0.25) is 0 Å². The predicted octanol–water partition coefficient (Wildman–Crippen LogP) is 0.906. The Morgan fingerprint density at radius 1 is 1.44 bits per heavy atom. The lowest BCUT2D eigenvalue weighted by Crippen LogP contribution is -2.45. The van der Waals surface area contributed by atoms with Gasteiger partial charge in [-0.15, -0.1) is 6.42 Å². The SMILES string of the molecule is C#CCN(CC(=O)O)C(=O)NCC1(C2CC2)CC1. The number of nitrogens with one attached hydrogen (secondary N) is 1. The van der Waals surface area contributed by atoms with E-state index in [4.69, 9.17) is 11.5 Å². The molecule has 5 heteroatoms. The van der Waals surface area contributed by atoms with Crippen molar-refractivity contribution in [2.75, 3.05) is 19.6 Å². The number of carboxylic acids is 1. The molecule has 0 atom stereocenters. The van der Waals surface area contributed by atoms with Crippen molar-refractivity contribution >= 4 is 12.0 Å². The second-order valence-electron chi connectivity index (χ2n) is 5.25. The van der Waals surface area contributed by atoms with E-state index in [-0.39, 0.29) is 19.1 Å². The molecule has 0 bridgehead atoms. The largest absolute Gasteiger partial charge is 0.480 e. The zero-order chi connectivity index (χ0) is 13.2. The molecule has 2 saturated carbocycles. The van der Waals surface area contributed by atoms with Crippen LogP contribution in [0.5, 0.6) is 0 Å². The maximum absolute atomic E-state index is 11.8. The molecule has 2 N–H and O–H groups in total. The van der Waals surface area contributed by atoms with Gasteiger partial charge in [-0.3, -0.25) is 4.79 Å². The van der Waals surface area contributed by atoms with Crippen LogP contribution in [0, 0.1) is 23.7 Å². The fourth-order valence-corrected chi connectivity index (χ4v) is 2.42. The molecular weight excluding hydrogens is 232 g/mol. The van der Waals surface area contributed by atoms with Gasteiger partial charge in [0.2, 0.25) is 0 Å². The average Bonchev–Trinajstić information content (AvgIpc) is 3.14. The monoisotopic (exact) mass is 250 g/mol. The number of carbonyl (C=O) groups is 2. The number of amides is 2. The normalized spacial score (nSPS) is 19.7. The quantitative estimate of drug-likeness (QED) is 0.688. The van der Waals surface area contributed by atoms with Gasteiger partial charge in [-0.05, 0) is 37.0 Å². The Morgan fingerprint density at radius 3 is 2.56 bits per heavy atom. The molecular formula is C13H18N2O3. The molecule has 0 spiro atoms. The van der Waals surface area contributed by atoms with Gasteiger partial charge in [-0.25, -0.2) is 4.79 Å². The van der Waals surface area contributed by atoms with Gasteiger partial charge in [-0.1, -0.05) is 5.92 Å². The molecule has 0 saturated heterocycles. The number of rotatable bonds is 6. The Hall–Kier alpha value is -1.70. The van der Waals surface area contributed by atoms with Crippen LogP contribution >= 0.6 is 0 Å². The predicted molar refractivity (Wildman–Crippen MR) is 65.8 cm³/mol. The van der Waals surface area contributed by atoms with E-state index in [0.29, 0.717) is 12.0 Å². The number of nitrogens with zero attached hydrogens (tertiary/aromatic N) is 1. The van der Waals surface area contributed by atoms with E-state index in [2.05, 4.69) is 11.2 Å². The van der Waals surface area contributed by atoms with Gasteiger partial charge in [0, 0.05) is 6.54 Å². The van der Waals surface area contributed by atoms with Crippen molar-refractivity contribution in [1.29, 1.82) is 0 Å². The van der Waals surface area contributed by atoms with E-state index in [1.54, 1.807) is 0 Å². The number of carboxylic acid groups (broad SMARTS) is 1. The maximum atomic E-state index is 11.8. The van der Waals surface area contributed by atoms with E-state index in [9.17, 15) is 9.59 Å². The standard InChI is InChI=1S/C13H18N2O3/c1-2-7-15(8-11(16)17)12(18)14-9-13(5-6-13)10-3-4-10/h1,10H,3-9H2,(H,14,18)(H,16,17). The molecule has 0 unspecified atom stereocenters. The summed E-state index contributed by atoms with van der Waals surface area (Å²) in [6.07, 6.45) is 10.0. The van der Waals surface area contributed by atoms with Crippen molar-refractivity contribution in [2.24, 2.45) is 11.3 Å². The van der Waals surface area contributed by atoms with Crippen molar-refractivity contribution in [1.82, 2.24) is 10.2 Å². The second-order valence-corrected chi connectivity index (χ2v) is 5.25. The van der Waals surface area contributed by atoms with Crippen LogP contribution in [0.1, 0.15) is 25.7 Å². The summed E-state index contributed by atoms with van der Waals surface area (Å²) < 4.78 is 0. The molecule has 2 aliphatic rings. The van der Waals surface area contributed by atoms with Crippen molar-refractivity contribution in [3.8, 4) is 12.3 Å². The van der Waals surface area contributed by atoms with Crippen LogP contribution < -0.4 is 5.32 Å². The molecule has 2 fully saturated rings. The fourth-order valence-electron chi connectivity index (χ4n) is 2.42. The summed E-state index contributed by atoms with van der Waals surface area (Å²) >= 11 is 0. The van der Waals surface area contributed by atoms with Crippen molar-refractivity contribution in [3.63, 3.8) is 0 Å². The van der Waals surface area contributed by atoms with Gasteiger partial charge >= 0.3 is 12.0 Å². The third-order valence-corrected chi connectivity index (χ3v) is 3.82. The Bertz CT molecular complexity index is 392. The minimum absolute atomic E-state index is 0.0224. The maximum Gasteiger partial charge on any atom is 0.323 e. The van der Waals surface area contributed by atoms with E-state index < -0.39 is 5.97 Å². The van der Waals surface area contributed by atoms with E-state index in [0.717, 1.165) is 10.8 Å². The molecule has 0 aliphatic heterocycles. The Kier molecular flexibility index (Phi) is 3.46. The fraction of sp³-hybridized carbons (Fsp3) is 0.692. The first-order chi connectivity index (χ1) is 8.57. The highest BCUT2D eigenvalue weighted by Crippen LogP contribution is 2.60. The molecule has 2 amide bonds. The Morgan fingerprint density at radius 2 is 2.11 bits per heavy atom. The minimum atomic E-state index is -1.05. The summed E-state index contributed by atoms with van der Waals surface area (Å²) in [4.78, 5) is 23.6. The summed E-state index contributed by atoms with van der Waals surface area (Å²) in [5.41, 5.74) is 0.306. The van der Waals surface area contributed by atoms with Crippen molar-refractivity contribution in [2.45, 2.75) is 25.7 Å². The number of terminal acetylenes is 1. The van der Waals surface area contributed by atoms with Crippen LogP contribution in [0.4, 0.5) is 4.79 Å². The smallest absolute Gasteiger partial charge is 0.323 e. The average molecular weight is 250 g/mol. The van der Waals surface area contributed by atoms with Gasteiger partial charge in [-0.2, -0.15) is 0 Å².